The largest absolute Gasteiger partial charge is 0.573 e. The Labute approximate surface area is 126 Å². The molecule has 1 aromatic carbocycles. The van der Waals surface area contributed by atoms with Crippen molar-refractivity contribution in [3.8, 4) is 5.75 Å². The third-order valence-electron chi connectivity index (χ3n) is 3.36. The van der Waals surface area contributed by atoms with Crippen molar-refractivity contribution in [3.63, 3.8) is 0 Å². The van der Waals surface area contributed by atoms with Crippen LogP contribution >= 0.6 is 11.8 Å². The number of rotatable bonds is 3. The van der Waals surface area contributed by atoms with Gasteiger partial charge in [0.2, 0.25) is 0 Å². The number of hydrogen-bond acceptors (Lipinski definition) is 3. The Balaban J connectivity index is 2.03. The van der Waals surface area contributed by atoms with Crippen LogP contribution in [0.2, 0.25) is 0 Å². The lowest BCUT2D eigenvalue weighted by atomic mass is 9.79. The summed E-state index contributed by atoms with van der Waals surface area (Å²) in [6.45, 7) is 4.23. The van der Waals surface area contributed by atoms with Crippen LogP contribution in [0.5, 0.6) is 5.75 Å². The van der Waals surface area contributed by atoms with E-state index in [0.29, 0.717) is 18.6 Å². The van der Waals surface area contributed by atoms with Crippen LogP contribution in [0.15, 0.2) is 24.3 Å². The van der Waals surface area contributed by atoms with Gasteiger partial charge in [0.25, 0.3) is 0 Å². The molecule has 0 aromatic heterocycles. The summed E-state index contributed by atoms with van der Waals surface area (Å²) in [5.74, 6) is 1.42. The monoisotopic (exact) mass is 320 g/mol. The number of ether oxygens (including phenoxy) is 1. The Morgan fingerprint density at radius 3 is 2.33 bits per heavy atom. The highest BCUT2D eigenvalue weighted by molar-refractivity contribution is 7.99. The predicted octanol–water partition coefficient (Wildman–Crippen LogP) is 4.02. The molecule has 1 aromatic rings. The van der Waals surface area contributed by atoms with Crippen molar-refractivity contribution >= 4 is 11.8 Å². The van der Waals surface area contributed by atoms with Crippen LogP contribution in [0.25, 0.3) is 0 Å². The van der Waals surface area contributed by atoms with Crippen molar-refractivity contribution in [2.75, 3.05) is 11.5 Å². The van der Waals surface area contributed by atoms with E-state index in [4.69, 9.17) is 0 Å². The summed E-state index contributed by atoms with van der Waals surface area (Å²) >= 11 is 1.72. The fourth-order valence-electron chi connectivity index (χ4n) is 2.81. The fraction of sp³-hybridized carbons (Fsp3) is 0.600. The van der Waals surface area contributed by atoms with Crippen molar-refractivity contribution in [2.24, 2.45) is 5.41 Å². The maximum atomic E-state index is 12.1. The van der Waals surface area contributed by atoms with Crippen LogP contribution < -0.4 is 4.74 Å². The lowest BCUT2D eigenvalue weighted by Crippen LogP contribution is -2.44. The minimum atomic E-state index is -4.68. The Hall–Kier alpha value is -0.880. The van der Waals surface area contributed by atoms with Gasteiger partial charge < -0.3 is 9.84 Å². The summed E-state index contributed by atoms with van der Waals surface area (Å²) in [5, 5.41) is 10.7. The summed E-state index contributed by atoms with van der Waals surface area (Å²) in [7, 11) is 0. The second-order valence-corrected chi connectivity index (χ2v) is 7.41. The fourth-order valence-corrected chi connectivity index (χ4v) is 4.15. The van der Waals surface area contributed by atoms with E-state index in [1.165, 1.54) is 12.1 Å². The predicted molar refractivity (Wildman–Crippen MR) is 77.5 cm³/mol. The van der Waals surface area contributed by atoms with Crippen LogP contribution in [0.3, 0.4) is 0 Å². The first kappa shape index (κ1) is 16.5. The molecular weight excluding hydrogens is 301 g/mol. The average Bonchev–Trinajstić information content (AvgIpc) is 2.27. The second-order valence-electron chi connectivity index (χ2n) is 6.43. The molecule has 0 saturated carbocycles. The van der Waals surface area contributed by atoms with Crippen LogP contribution in [0.4, 0.5) is 13.2 Å². The van der Waals surface area contributed by atoms with E-state index in [9.17, 15) is 18.3 Å². The molecule has 118 valence electrons. The van der Waals surface area contributed by atoms with Gasteiger partial charge in [0.1, 0.15) is 5.75 Å². The van der Waals surface area contributed by atoms with E-state index in [1.54, 1.807) is 23.9 Å². The normalized spacial score (nSPS) is 25.6. The van der Waals surface area contributed by atoms with E-state index in [2.05, 4.69) is 18.6 Å². The first-order chi connectivity index (χ1) is 9.57. The van der Waals surface area contributed by atoms with Crippen molar-refractivity contribution in [1.82, 2.24) is 0 Å². The molecule has 0 bridgehead atoms. The maximum Gasteiger partial charge on any atom is 0.573 e. The zero-order valence-corrected chi connectivity index (χ0v) is 12.9. The van der Waals surface area contributed by atoms with Crippen LogP contribution in [0, 0.1) is 5.41 Å². The topological polar surface area (TPSA) is 29.5 Å². The SMILES string of the molecule is CC1(C)CSCC(O)(Cc2ccc(OC(F)(F)F)cc2)C1. The van der Waals surface area contributed by atoms with Gasteiger partial charge in [0, 0.05) is 12.2 Å². The Kier molecular flexibility index (Phi) is 4.49. The smallest absolute Gasteiger partial charge is 0.406 e. The van der Waals surface area contributed by atoms with Crippen LogP contribution in [0.1, 0.15) is 25.8 Å². The number of thioether (sulfide) groups is 1. The molecule has 1 heterocycles. The number of benzene rings is 1. The van der Waals surface area contributed by atoms with Gasteiger partial charge in [-0.2, -0.15) is 11.8 Å². The highest BCUT2D eigenvalue weighted by Gasteiger charge is 2.39. The van der Waals surface area contributed by atoms with Gasteiger partial charge in [0.15, 0.2) is 0 Å². The van der Waals surface area contributed by atoms with Gasteiger partial charge >= 0.3 is 6.36 Å². The Morgan fingerprint density at radius 1 is 1.19 bits per heavy atom. The molecular formula is C15H19F3O2S. The van der Waals surface area contributed by atoms with Gasteiger partial charge in [-0.25, -0.2) is 0 Å². The zero-order valence-electron chi connectivity index (χ0n) is 12.0. The highest BCUT2D eigenvalue weighted by atomic mass is 32.2. The summed E-state index contributed by atoms with van der Waals surface area (Å²) < 4.78 is 40.1. The highest BCUT2D eigenvalue weighted by Crippen LogP contribution is 2.40. The lowest BCUT2D eigenvalue weighted by Gasteiger charge is -2.41. The van der Waals surface area contributed by atoms with Gasteiger partial charge in [-0.15, -0.1) is 13.2 Å². The van der Waals surface area contributed by atoms with E-state index >= 15 is 0 Å². The number of aliphatic hydroxyl groups is 1. The third-order valence-corrected chi connectivity index (χ3v) is 5.09. The average molecular weight is 320 g/mol. The molecule has 2 nitrogen and oxygen atoms in total. The molecule has 6 heteroatoms. The summed E-state index contributed by atoms with van der Waals surface area (Å²) in [6, 6.07) is 5.72. The molecule has 1 atom stereocenters. The molecule has 0 amide bonds. The first-order valence-corrected chi connectivity index (χ1v) is 7.87. The number of hydrogen-bond donors (Lipinski definition) is 1. The van der Waals surface area contributed by atoms with E-state index in [0.717, 1.165) is 11.3 Å². The second kappa shape index (κ2) is 5.72. The van der Waals surface area contributed by atoms with Crippen LogP contribution in [-0.4, -0.2) is 28.6 Å². The van der Waals surface area contributed by atoms with Gasteiger partial charge in [-0.1, -0.05) is 26.0 Å². The Morgan fingerprint density at radius 2 is 1.81 bits per heavy atom. The minimum Gasteiger partial charge on any atom is -0.406 e. The summed E-state index contributed by atoms with van der Waals surface area (Å²) in [6.07, 6.45) is -3.55. The third kappa shape index (κ3) is 5.11. The van der Waals surface area contributed by atoms with E-state index in [-0.39, 0.29) is 11.2 Å². The van der Waals surface area contributed by atoms with Crippen molar-refractivity contribution in [3.05, 3.63) is 29.8 Å². The molecule has 0 aliphatic carbocycles. The van der Waals surface area contributed by atoms with E-state index < -0.39 is 12.0 Å². The van der Waals surface area contributed by atoms with Crippen molar-refractivity contribution < 1.29 is 23.0 Å². The van der Waals surface area contributed by atoms with Crippen molar-refractivity contribution in [1.29, 1.82) is 0 Å². The summed E-state index contributed by atoms with van der Waals surface area (Å²) in [4.78, 5) is 0. The molecule has 0 radical (unpaired) electrons. The van der Waals surface area contributed by atoms with Crippen molar-refractivity contribution in [2.45, 2.75) is 38.7 Å². The van der Waals surface area contributed by atoms with Crippen LogP contribution in [-0.2, 0) is 6.42 Å². The molecule has 0 spiro atoms. The molecule has 21 heavy (non-hydrogen) atoms. The summed E-state index contributed by atoms with van der Waals surface area (Å²) in [5.41, 5.74) is 0.0702. The van der Waals surface area contributed by atoms with Gasteiger partial charge in [0.05, 0.1) is 5.60 Å². The number of halogens is 3. The molecule has 1 saturated heterocycles. The number of alkyl halides is 3. The quantitative estimate of drug-likeness (QED) is 0.912. The molecule has 1 fully saturated rings. The molecule has 1 N–H and O–H groups in total. The zero-order chi connectivity index (χ0) is 15.7. The molecule has 1 unspecified atom stereocenters. The minimum absolute atomic E-state index is 0.0665. The molecule has 2 rings (SSSR count). The molecule has 1 aliphatic rings. The van der Waals surface area contributed by atoms with Gasteiger partial charge in [-0.05, 0) is 35.3 Å². The molecule has 1 aliphatic heterocycles. The van der Waals surface area contributed by atoms with Gasteiger partial charge in [-0.3, -0.25) is 0 Å². The Bertz CT molecular complexity index is 485. The maximum absolute atomic E-state index is 12.1. The standard InChI is InChI=1S/C15H19F3O2S/c1-13(2)8-14(19,10-21-9-13)7-11-3-5-12(6-4-11)20-15(16,17)18/h3-6,19H,7-10H2,1-2H3. The first-order valence-electron chi connectivity index (χ1n) is 6.72. The van der Waals surface area contributed by atoms with E-state index in [1.807, 2.05) is 0 Å². The lowest BCUT2D eigenvalue weighted by molar-refractivity contribution is -0.274.